The van der Waals surface area contributed by atoms with Gasteiger partial charge in [0.2, 0.25) is 0 Å². The highest BCUT2D eigenvalue weighted by Gasteiger charge is 2.29. The van der Waals surface area contributed by atoms with Gasteiger partial charge in [0.15, 0.2) is 0 Å². The van der Waals surface area contributed by atoms with Gasteiger partial charge in [-0.25, -0.2) is 4.79 Å². The van der Waals surface area contributed by atoms with Gasteiger partial charge in [-0.3, -0.25) is 0 Å². The minimum absolute atomic E-state index is 0.400. The molecule has 1 N–H and O–H groups in total. The van der Waals surface area contributed by atoms with Crippen molar-refractivity contribution in [1.29, 1.82) is 0 Å². The number of hydrogen-bond donors (Lipinski definition) is 1. The van der Waals surface area contributed by atoms with Gasteiger partial charge < -0.3 is 10.1 Å². The molecule has 0 aliphatic rings. The van der Waals surface area contributed by atoms with Crippen molar-refractivity contribution in [3.8, 4) is 0 Å². The van der Waals surface area contributed by atoms with Crippen LogP contribution in [0.3, 0.4) is 0 Å². The molecule has 3 nitrogen and oxygen atoms in total. The highest BCUT2D eigenvalue weighted by atomic mass is 32.2. The van der Waals surface area contributed by atoms with E-state index in [9.17, 15) is 4.79 Å². The van der Waals surface area contributed by atoms with Crippen LogP contribution in [-0.4, -0.2) is 18.0 Å². The molecule has 0 unspecified atom stereocenters. The van der Waals surface area contributed by atoms with Crippen LogP contribution in [0.5, 0.6) is 0 Å². The average Bonchev–Trinajstić information content (AvgIpc) is 2.27. The second-order valence-electron chi connectivity index (χ2n) is 5.23. The number of hydrogen-bond acceptors (Lipinski definition) is 3. The van der Waals surface area contributed by atoms with Crippen molar-refractivity contribution in [3.05, 3.63) is 35.9 Å². The molecule has 0 bridgehead atoms. The van der Waals surface area contributed by atoms with E-state index in [2.05, 4.69) is 5.32 Å². The average molecular weight is 267 g/mol. The van der Waals surface area contributed by atoms with Gasteiger partial charge in [-0.1, -0.05) is 30.3 Å². The smallest absolute Gasteiger partial charge is 0.409 e. The van der Waals surface area contributed by atoms with E-state index in [1.165, 1.54) is 0 Å². The van der Waals surface area contributed by atoms with Crippen molar-refractivity contribution in [2.45, 2.75) is 38.2 Å². The SMILES string of the molecule is CS[C@@](C)(NC(=O)OC(C)(C)C)c1ccccc1. The third-order valence-corrected chi connectivity index (χ3v) is 3.63. The molecular formula is C14H21NO2S. The van der Waals surface area contributed by atoms with Gasteiger partial charge in [0, 0.05) is 0 Å². The molecule has 100 valence electrons. The first-order valence-corrected chi connectivity index (χ1v) is 7.11. The number of nitrogens with one attached hydrogen (secondary N) is 1. The van der Waals surface area contributed by atoms with E-state index in [4.69, 9.17) is 4.74 Å². The second-order valence-corrected chi connectivity index (χ2v) is 6.46. The highest BCUT2D eigenvalue weighted by molar-refractivity contribution is 7.99. The van der Waals surface area contributed by atoms with Crippen LogP contribution in [0.4, 0.5) is 4.79 Å². The summed E-state index contributed by atoms with van der Waals surface area (Å²) in [6.07, 6.45) is 1.56. The van der Waals surface area contributed by atoms with E-state index in [1.807, 2.05) is 64.3 Å². The van der Waals surface area contributed by atoms with Crippen LogP contribution in [-0.2, 0) is 9.61 Å². The molecule has 0 spiro atoms. The number of benzene rings is 1. The quantitative estimate of drug-likeness (QED) is 0.848. The molecule has 0 radical (unpaired) electrons. The number of alkyl carbamates (subject to hydrolysis) is 1. The molecule has 1 rings (SSSR count). The summed E-state index contributed by atoms with van der Waals surface area (Å²) in [6, 6.07) is 9.86. The Labute approximate surface area is 113 Å². The molecule has 0 saturated heterocycles. The Kier molecular flexibility index (Phi) is 4.68. The van der Waals surface area contributed by atoms with Gasteiger partial charge in [-0.15, -0.1) is 11.8 Å². The molecule has 0 aliphatic carbocycles. The van der Waals surface area contributed by atoms with E-state index in [1.54, 1.807) is 11.8 Å². The maximum Gasteiger partial charge on any atom is 0.409 e. The number of carbonyl (C=O) groups excluding carboxylic acids is 1. The second kappa shape index (κ2) is 5.65. The summed E-state index contributed by atoms with van der Waals surface area (Å²) in [4.78, 5) is 11.4. The Morgan fingerprint density at radius 3 is 2.17 bits per heavy atom. The van der Waals surface area contributed by atoms with E-state index in [0.29, 0.717) is 0 Å². The van der Waals surface area contributed by atoms with Crippen LogP contribution in [0.2, 0.25) is 0 Å². The first-order chi connectivity index (χ1) is 8.27. The lowest BCUT2D eigenvalue weighted by Gasteiger charge is -2.31. The van der Waals surface area contributed by atoms with Gasteiger partial charge in [0.1, 0.15) is 10.5 Å². The van der Waals surface area contributed by atoms with Crippen molar-refractivity contribution >= 4 is 17.9 Å². The summed E-state index contributed by atoms with van der Waals surface area (Å²) < 4.78 is 5.29. The fourth-order valence-corrected chi connectivity index (χ4v) is 2.05. The largest absolute Gasteiger partial charge is 0.444 e. The maximum atomic E-state index is 11.9. The summed E-state index contributed by atoms with van der Waals surface area (Å²) in [6.45, 7) is 7.53. The van der Waals surface area contributed by atoms with Crippen molar-refractivity contribution in [2.75, 3.05) is 6.26 Å². The van der Waals surface area contributed by atoms with Crippen molar-refractivity contribution in [2.24, 2.45) is 0 Å². The minimum atomic E-state index is -0.486. The molecule has 1 aromatic rings. The molecule has 0 fully saturated rings. The molecule has 18 heavy (non-hydrogen) atoms. The number of carbonyl (C=O) groups is 1. The van der Waals surface area contributed by atoms with Crippen LogP contribution >= 0.6 is 11.8 Å². The van der Waals surface area contributed by atoms with Crippen molar-refractivity contribution < 1.29 is 9.53 Å². The van der Waals surface area contributed by atoms with Crippen LogP contribution in [0, 0.1) is 0 Å². The van der Waals surface area contributed by atoms with Gasteiger partial charge in [-0.05, 0) is 39.5 Å². The fourth-order valence-electron chi connectivity index (χ4n) is 1.50. The zero-order chi connectivity index (χ0) is 13.8. The van der Waals surface area contributed by atoms with Crippen molar-refractivity contribution in [3.63, 3.8) is 0 Å². The third kappa shape index (κ3) is 4.26. The Morgan fingerprint density at radius 1 is 1.17 bits per heavy atom. The molecule has 0 saturated carbocycles. The molecule has 1 amide bonds. The van der Waals surface area contributed by atoms with Crippen LogP contribution in [0.1, 0.15) is 33.3 Å². The Hall–Kier alpha value is -1.16. The zero-order valence-corrected chi connectivity index (χ0v) is 12.4. The Bertz CT molecular complexity index is 400. The van der Waals surface area contributed by atoms with Gasteiger partial charge in [0.05, 0.1) is 0 Å². The summed E-state index contributed by atoms with van der Waals surface area (Å²) in [5, 5.41) is 2.92. The third-order valence-electron chi connectivity index (χ3n) is 2.47. The maximum absolute atomic E-state index is 11.9. The first kappa shape index (κ1) is 14.9. The lowest BCUT2D eigenvalue weighted by molar-refractivity contribution is 0.0497. The van der Waals surface area contributed by atoms with Crippen LogP contribution in [0.15, 0.2) is 30.3 Å². The fraction of sp³-hybridized carbons (Fsp3) is 0.500. The Morgan fingerprint density at radius 2 is 1.72 bits per heavy atom. The summed E-state index contributed by atoms with van der Waals surface area (Å²) in [7, 11) is 0. The van der Waals surface area contributed by atoms with Crippen LogP contribution < -0.4 is 5.32 Å². The number of amides is 1. The number of rotatable bonds is 3. The standard InChI is InChI=1S/C14H21NO2S/c1-13(2,3)17-12(16)15-14(4,18-5)11-9-7-6-8-10-11/h6-10H,1-5H3,(H,15,16)/t14-/m1/s1. The first-order valence-electron chi connectivity index (χ1n) is 5.89. The normalized spacial score (nSPS) is 14.7. The monoisotopic (exact) mass is 267 g/mol. The van der Waals surface area contributed by atoms with E-state index in [0.717, 1.165) is 5.56 Å². The van der Waals surface area contributed by atoms with Crippen LogP contribution in [0.25, 0.3) is 0 Å². The number of thioether (sulfide) groups is 1. The predicted octanol–water partition coefficient (Wildman–Crippen LogP) is 3.75. The molecule has 0 aromatic heterocycles. The lowest BCUT2D eigenvalue weighted by atomic mass is 10.1. The molecule has 1 atom stereocenters. The Balaban J connectivity index is 2.81. The zero-order valence-electron chi connectivity index (χ0n) is 11.6. The summed E-state index contributed by atoms with van der Waals surface area (Å²) in [5.41, 5.74) is 0.559. The van der Waals surface area contributed by atoms with E-state index >= 15 is 0 Å². The molecule has 1 aromatic carbocycles. The molecule has 0 heterocycles. The number of ether oxygens (including phenoxy) is 1. The summed E-state index contributed by atoms with van der Waals surface area (Å²) >= 11 is 1.57. The molecular weight excluding hydrogens is 246 g/mol. The van der Waals surface area contributed by atoms with Gasteiger partial charge >= 0.3 is 6.09 Å². The lowest BCUT2D eigenvalue weighted by Crippen LogP contribution is -2.43. The molecule has 0 aliphatic heterocycles. The summed E-state index contributed by atoms with van der Waals surface area (Å²) in [5.74, 6) is 0. The minimum Gasteiger partial charge on any atom is -0.444 e. The topological polar surface area (TPSA) is 38.3 Å². The van der Waals surface area contributed by atoms with E-state index < -0.39 is 16.6 Å². The van der Waals surface area contributed by atoms with E-state index in [-0.39, 0.29) is 0 Å². The molecule has 4 heteroatoms. The van der Waals surface area contributed by atoms with Gasteiger partial charge in [0.25, 0.3) is 0 Å². The highest BCUT2D eigenvalue weighted by Crippen LogP contribution is 2.31. The predicted molar refractivity (Wildman–Crippen MR) is 76.7 cm³/mol. The van der Waals surface area contributed by atoms with Gasteiger partial charge in [-0.2, -0.15) is 0 Å². The van der Waals surface area contributed by atoms with Crippen molar-refractivity contribution in [1.82, 2.24) is 5.32 Å².